The number of esters is 1. The molecule has 1 aromatic carbocycles. The van der Waals surface area contributed by atoms with Gasteiger partial charge in [0.1, 0.15) is 0 Å². The Balaban J connectivity index is 1.95. The minimum absolute atomic E-state index is 0.0997. The van der Waals surface area contributed by atoms with Crippen molar-refractivity contribution in [1.29, 1.82) is 0 Å². The molecule has 0 saturated carbocycles. The van der Waals surface area contributed by atoms with Crippen molar-refractivity contribution in [2.75, 3.05) is 33.3 Å². The van der Waals surface area contributed by atoms with Crippen LogP contribution in [0, 0.1) is 0 Å². The third kappa shape index (κ3) is 8.47. The monoisotopic (exact) mass is 468 g/mol. The normalized spacial score (nSPS) is 14.7. The summed E-state index contributed by atoms with van der Waals surface area (Å²) < 4.78 is 4.73. The fourth-order valence-electron chi connectivity index (χ4n) is 2.75. The summed E-state index contributed by atoms with van der Waals surface area (Å²) in [4.78, 5) is 33.0. The van der Waals surface area contributed by atoms with Gasteiger partial charge < -0.3 is 26.4 Å². The summed E-state index contributed by atoms with van der Waals surface area (Å²) in [5, 5.41) is 9.81. The highest BCUT2D eigenvalue weighted by Gasteiger charge is 2.21. The molecule has 5 N–H and O–H groups in total. The van der Waals surface area contributed by atoms with E-state index in [1.807, 2.05) is 0 Å². The van der Waals surface area contributed by atoms with Gasteiger partial charge in [-0.3, -0.25) is 19.6 Å². The zero-order valence-electron chi connectivity index (χ0n) is 17.2. The fraction of sp³-hybridized carbons (Fsp3) is 0.400. The van der Waals surface area contributed by atoms with Gasteiger partial charge in [-0.25, -0.2) is 0 Å². The number of guanidine groups is 1. The van der Waals surface area contributed by atoms with E-state index in [-0.39, 0.29) is 12.0 Å². The van der Waals surface area contributed by atoms with Crippen molar-refractivity contribution < 1.29 is 14.3 Å². The molecule has 1 heterocycles. The van der Waals surface area contributed by atoms with Gasteiger partial charge in [0.2, 0.25) is 0 Å². The third-order valence-corrected chi connectivity index (χ3v) is 4.73. The van der Waals surface area contributed by atoms with Crippen molar-refractivity contribution in [3.63, 3.8) is 0 Å². The number of carbonyl (C=O) groups excluding carboxylic acids is 2. The van der Waals surface area contributed by atoms with Crippen molar-refractivity contribution in [2.45, 2.75) is 18.9 Å². The van der Waals surface area contributed by atoms with Crippen molar-refractivity contribution in [2.24, 2.45) is 15.7 Å². The lowest BCUT2D eigenvalue weighted by Crippen LogP contribution is -2.34. The van der Waals surface area contributed by atoms with Crippen LogP contribution < -0.4 is 21.7 Å². The van der Waals surface area contributed by atoms with Gasteiger partial charge in [0.05, 0.1) is 31.7 Å². The molecule has 1 aromatic rings. The Morgan fingerprint density at radius 2 is 2.10 bits per heavy atom. The van der Waals surface area contributed by atoms with Gasteiger partial charge in [0.15, 0.2) is 5.96 Å². The van der Waals surface area contributed by atoms with Crippen LogP contribution in [0.15, 0.2) is 40.0 Å². The molecule has 0 unspecified atom stereocenters. The molecular formula is C20H26Cl2N6O3. The summed E-state index contributed by atoms with van der Waals surface area (Å²) in [6.45, 7) is 2.82. The summed E-state index contributed by atoms with van der Waals surface area (Å²) in [6.07, 6.45) is 3.22. The van der Waals surface area contributed by atoms with Crippen molar-refractivity contribution in [3.05, 3.63) is 45.6 Å². The van der Waals surface area contributed by atoms with Crippen LogP contribution in [-0.2, 0) is 14.3 Å². The van der Waals surface area contributed by atoms with Gasteiger partial charge in [-0.2, -0.15) is 0 Å². The summed E-state index contributed by atoms with van der Waals surface area (Å²) >= 11 is 12.1. The quantitative estimate of drug-likeness (QED) is 0.178. The van der Waals surface area contributed by atoms with Crippen LogP contribution in [0.1, 0.15) is 24.4 Å². The second kappa shape index (κ2) is 12.8. The van der Waals surface area contributed by atoms with Crippen LogP contribution >= 0.6 is 23.2 Å². The van der Waals surface area contributed by atoms with Gasteiger partial charge >= 0.3 is 5.97 Å². The van der Waals surface area contributed by atoms with Crippen LogP contribution in [0.5, 0.6) is 0 Å². The fourth-order valence-corrected chi connectivity index (χ4v) is 3.30. The number of methoxy groups -OCH3 is 1. The van der Waals surface area contributed by atoms with E-state index in [0.29, 0.717) is 28.7 Å². The molecule has 9 nitrogen and oxygen atoms in total. The maximum Gasteiger partial charge on any atom is 0.307 e. The SMILES string of the molecule is COC(=O)C[C@H](NC(=O)C(C=NCCCNC1=NCCN1)=CN)c1cc(Cl)cc(Cl)c1. The van der Waals surface area contributed by atoms with E-state index in [9.17, 15) is 9.59 Å². The van der Waals surface area contributed by atoms with E-state index >= 15 is 0 Å². The number of nitrogens with zero attached hydrogens (tertiary/aromatic N) is 2. The highest BCUT2D eigenvalue weighted by molar-refractivity contribution is 6.34. The van der Waals surface area contributed by atoms with Crippen LogP contribution in [0.2, 0.25) is 10.0 Å². The smallest absolute Gasteiger partial charge is 0.307 e. The Bertz CT molecular complexity index is 852. The lowest BCUT2D eigenvalue weighted by atomic mass is 10.0. The Hall–Kier alpha value is -2.78. The Kier molecular flexibility index (Phi) is 10.1. The van der Waals surface area contributed by atoms with Crippen LogP contribution in [0.25, 0.3) is 0 Å². The predicted molar refractivity (Wildman–Crippen MR) is 123 cm³/mol. The number of nitrogens with two attached hydrogens (primary N) is 1. The van der Waals surface area contributed by atoms with E-state index in [0.717, 1.165) is 31.7 Å². The zero-order chi connectivity index (χ0) is 22.6. The van der Waals surface area contributed by atoms with Gasteiger partial charge in [-0.15, -0.1) is 0 Å². The van der Waals surface area contributed by atoms with Crippen molar-refractivity contribution >= 4 is 47.3 Å². The number of aliphatic imine (C=N–C) groups is 2. The lowest BCUT2D eigenvalue weighted by molar-refractivity contribution is -0.141. The number of hydrogen-bond donors (Lipinski definition) is 4. The average Bonchev–Trinajstić information content (AvgIpc) is 3.25. The van der Waals surface area contributed by atoms with Crippen LogP contribution in [0.3, 0.4) is 0 Å². The number of carbonyl (C=O) groups is 2. The number of halogens is 2. The molecular weight excluding hydrogens is 443 g/mol. The maximum atomic E-state index is 12.7. The van der Waals surface area contributed by atoms with E-state index in [4.69, 9.17) is 33.7 Å². The molecule has 0 aliphatic carbocycles. The number of nitrogens with one attached hydrogen (secondary N) is 3. The van der Waals surface area contributed by atoms with Gasteiger partial charge in [0.25, 0.3) is 5.91 Å². The number of amides is 1. The Morgan fingerprint density at radius 3 is 2.71 bits per heavy atom. The second-order valence-electron chi connectivity index (χ2n) is 6.60. The van der Waals surface area contributed by atoms with Crippen LogP contribution in [0.4, 0.5) is 0 Å². The highest BCUT2D eigenvalue weighted by atomic mass is 35.5. The van der Waals surface area contributed by atoms with Crippen LogP contribution in [-0.4, -0.2) is 57.3 Å². The maximum absolute atomic E-state index is 12.7. The first-order valence-corrected chi connectivity index (χ1v) is 10.5. The number of hydrogen-bond acceptors (Lipinski definition) is 8. The Labute approximate surface area is 191 Å². The molecule has 0 bridgehead atoms. The predicted octanol–water partition coefficient (Wildman–Crippen LogP) is 1.57. The molecule has 0 saturated heterocycles. The molecule has 1 amide bonds. The summed E-state index contributed by atoms with van der Waals surface area (Å²) in [7, 11) is 1.27. The number of ether oxygens (including phenoxy) is 1. The highest BCUT2D eigenvalue weighted by Crippen LogP contribution is 2.26. The first kappa shape index (κ1) is 24.5. The zero-order valence-corrected chi connectivity index (χ0v) is 18.7. The molecule has 1 aliphatic heterocycles. The van der Waals surface area contributed by atoms with Gasteiger partial charge in [-0.05, 0) is 30.2 Å². The lowest BCUT2D eigenvalue weighted by Gasteiger charge is -2.19. The van der Waals surface area contributed by atoms with E-state index in [1.165, 1.54) is 13.3 Å². The molecule has 2 rings (SSSR count). The van der Waals surface area contributed by atoms with Gasteiger partial charge in [-0.1, -0.05) is 23.2 Å². The molecule has 168 valence electrons. The summed E-state index contributed by atoms with van der Waals surface area (Å²) in [5.41, 5.74) is 6.34. The first-order chi connectivity index (χ1) is 14.9. The first-order valence-electron chi connectivity index (χ1n) is 9.70. The third-order valence-electron chi connectivity index (χ3n) is 4.29. The molecule has 0 fully saturated rings. The average molecular weight is 469 g/mol. The van der Waals surface area contributed by atoms with E-state index in [1.54, 1.807) is 18.2 Å². The summed E-state index contributed by atoms with van der Waals surface area (Å²) in [5.74, 6) is -0.190. The van der Waals surface area contributed by atoms with E-state index in [2.05, 4.69) is 25.9 Å². The second-order valence-corrected chi connectivity index (χ2v) is 7.48. The molecule has 0 spiro atoms. The van der Waals surface area contributed by atoms with Gasteiger partial charge in [0, 0.05) is 42.1 Å². The van der Waals surface area contributed by atoms with Crippen molar-refractivity contribution in [3.8, 4) is 0 Å². The molecule has 1 aliphatic rings. The summed E-state index contributed by atoms with van der Waals surface area (Å²) in [6, 6.07) is 4.10. The minimum atomic E-state index is -0.705. The molecule has 0 radical (unpaired) electrons. The number of rotatable bonds is 10. The van der Waals surface area contributed by atoms with Crippen molar-refractivity contribution in [1.82, 2.24) is 16.0 Å². The molecule has 31 heavy (non-hydrogen) atoms. The number of benzene rings is 1. The Morgan fingerprint density at radius 1 is 1.35 bits per heavy atom. The topological polar surface area (TPSA) is 130 Å². The minimum Gasteiger partial charge on any atom is -0.469 e. The molecule has 11 heteroatoms. The largest absolute Gasteiger partial charge is 0.469 e. The molecule has 1 atom stereocenters. The standard InChI is InChI=1S/C20H26Cl2N6O3/c1-31-18(29)10-17(13-7-15(21)9-16(22)8-13)28-19(30)14(11-23)12-24-3-2-4-25-20-26-5-6-27-20/h7-9,11-12,17H,2-6,10,23H2,1H3,(H,28,30)(H2,25,26,27)/t17-/m0/s1. The molecule has 0 aromatic heterocycles. The van der Waals surface area contributed by atoms with E-state index < -0.39 is 17.9 Å².